The molecule has 1 aliphatic carbocycles. The highest BCUT2D eigenvalue weighted by Gasteiger charge is 2.27. The number of carbonyl (C=O) groups excluding carboxylic acids is 1. The van der Waals surface area contributed by atoms with E-state index < -0.39 is 0 Å². The van der Waals surface area contributed by atoms with Gasteiger partial charge in [0.25, 0.3) is 0 Å². The van der Waals surface area contributed by atoms with Crippen molar-refractivity contribution in [3.8, 4) is 0 Å². The Labute approximate surface area is 121 Å². The number of carbonyl (C=O) groups is 1. The van der Waals surface area contributed by atoms with Gasteiger partial charge in [0.2, 0.25) is 0 Å². The molecule has 0 heterocycles. The van der Waals surface area contributed by atoms with E-state index in [0.29, 0.717) is 12.0 Å². The van der Waals surface area contributed by atoms with Crippen molar-refractivity contribution in [3.05, 3.63) is 29.8 Å². The molecule has 0 saturated heterocycles. The molecule has 4 heteroatoms. The first-order valence-corrected chi connectivity index (χ1v) is 7.42. The number of anilines is 1. The fourth-order valence-corrected chi connectivity index (χ4v) is 2.28. The van der Waals surface area contributed by atoms with Gasteiger partial charge in [-0.05, 0) is 56.3 Å². The number of hydrogen-bond acceptors (Lipinski definition) is 2. The van der Waals surface area contributed by atoms with E-state index in [9.17, 15) is 4.79 Å². The van der Waals surface area contributed by atoms with Crippen molar-refractivity contribution in [3.63, 3.8) is 0 Å². The molecule has 1 aliphatic rings. The van der Waals surface area contributed by atoms with Crippen LogP contribution in [0.15, 0.2) is 24.3 Å². The van der Waals surface area contributed by atoms with Crippen LogP contribution in [0.5, 0.6) is 0 Å². The van der Waals surface area contributed by atoms with Gasteiger partial charge in [-0.15, -0.1) is 0 Å². The van der Waals surface area contributed by atoms with Gasteiger partial charge in [0, 0.05) is 18.3 Å². The quantitative estimate of drug-likeness (QED) is 0.747. The van der Waals surface area contributed by atoms with E-state index in [1.54, 1.807) is 0 Å². The summed E-state index contributed by atoms with van der Waals surface area (Å²) in [6, 6.07) is 8.14. The van der Waals surface area contributed by atoms with Crippen molar-refractivity contribution in [2.24, 2.45) is 11.8 Å². The lowest BCUT2D eigenvalue weighted by atomic mass is 10.1. The van der Waals surface area contributed by atoms with Crippen LogP contribution < -0.4 is 16.0 Å². The Kier molecular flexibility index (Phi) is 5.01. The SMILES string of the molecule is CNC(C)c1ccc(NC(=O)NCC(C)C2CC2)cc1. The molecule has 0 spiro atoms. The summed E-state index contributed by atoms with van der Waals surface area (Å²) in [6.45, 7) is 5.06. The summed E-state index contributed by atoms with van der Waals surface area (Å²) in [4.78, 5) is 11.8. The molecule has 2 rings (SSSR count). The summed E-state index contributed by atoms with van der Waals surface area (Å²) in [5.74, 6) is 1.40. The fourth-order valence-electron chi connectivity index (χ4n) is 2.28. The minimum Gasteiger partial charge on any atom is -0.338 e. The topological polar surface area (TPSA) is 53.2 Å². The number of benzene rings is 1. The standard InChI is InChI=1S/C16H25N3O/c1-11(13-4-5-13)10-18-16(20)19-15-8-6-14(7-9-15)12(2)17-3/h6-9,11-13,17H,4-5,10H2,1-3H3,(H2,18,19,20). The van der Waals surface area contributed by atoms with Crippen LogP contribution in [-0.4, -0.2) is 19.6 Å². The van der Waals surface area contributed by atoms with Crippen LogP contribution >= 0.6 is 0 Å². The molecule has 20 heavy (non-hydrogen) atoms. The summed E-state index contributed by atoms with van der Waals surface area (Å²) in [7, 11) is 1.94. The van der Waals surface area contributed by atoms with Gasteiger partial charge in [0.05, 0.1) is 0 Å². The number of urea groups is 1. The van der Waals surface area contributed by atoms with Crippen molar-refractivity contribution < 1.29 is 4.79 Å². The largest absolute Gasteiger partial charge is 0.338 e. The van der Waals surface area contributed by atoms with Crippen molar-refractivity contribution in [2.75, 3.05) is 18.9 Å². The van der Waals surface area contributed by atoms with Gasteiger partial charge in [-0.25, -0.2) is 4.79 Å². The Balaban J connectivity index is 1.78. The Bertz CT molecular complexity index is 440. The van der Waals surface area contributed by atoms with E-state index >= 15 is 0 Å². The second kappa shape index (κ2) is 6.75. The van der Waals surface area contributed by atoms with E-state index in [1.807, 2.05) is 31.3 Å². The third kappa shape index (κ3) is 4.23. The van der Waals surface area contributed by atoms with E-state index in [1.165, 1.54) is 18.4 Å². The van der Waals surface area contributed by atoms with Gasteiger partial charge >= 0.3 is 6.03 Å². The minimum atomic E-state index is -0.119. The molecular formula is C16H25N3O. The third-order valence-corrected chi connectivity index (χ3v) is 4.11. The summed E-state index contributed by atoms with van der Waals surface area (Å²) < 4.78 is 0. The first-order chi connectivity index (χ1) is 9.60. The Morgan fingerprint density at radius 3 is 2.45 bits per heavy atom. The fraction of sp³-hybridized carbons (Fsp3) is 0.562. The number of nitrogens with one attached hydrogen (secondary N) is 3. The summed E-state index contributed by atoms with van der Waals surface area (Å²) in [6.07, 6.45) is 2.63. The molecule has 4 nitrogen and oxygen atoms in total. The van der Waals surface area contributed by atoms with Crippen LogP contribution in [-0.2, 0) is 0 Å². The van der Waals surface area contributed by atoms with Crippen LogP contribution in [0.4, 0.5) is 10.5 Å². The molecular weight excluding hydrogens is 250 g/mol. The maximum Gasteiger partial charge on any atom is 0.319 e. The zero-order valence-electron chi connectivity index (χ0n) is 12.6. The monoisotopic (exact) mass is 275 g/mol. The Hall–Kier alpha value is -1.55. The maximum absolute atomic E-state index is 11.8. The van der Waals surface area contributed by atoms with Crippen LogP contribution in [0.3, 0.4) is 0 Å². The lowest BCUT2D eigenvalue weighted by molar-refractivity contribution is 0.250. The smallest absolute Gasteiger partial charge is 0.319 e. The Morgan fingerprint density at radius 2 is 1.90 bits per heavy atom. The molecule has 2 atom stereocenters. The molecule has 3 N–H and O–H groups in total. The average molecular weight is 275 g/mol. The second-order valence-corrected chi connectivity index (χ2v) is 5.78. The normalized spacial score (nSPS) is 17.4. The molecule has 0 radical (unpaired) electrons. The highest BCUT2D eigenvalue weighted by atomic mass is 16.2. The molecule has 1 fully saturated rings. The number of hydrogen-bond donors (Lipinski definition) is 3. The summed E-state index contributed by atoms with van der Waals surface area (Å²) >= 11 is 0. The van der Waals surface area contributed by atoms with Crippen molar-refractivity contribution in [2.45, 2.75) is 32.7 Å². The molecule has 2 unspecified atom stereocenters. The third-order valence-electron chi connectivity index (χ3n) is 4.11. The zero-order valence-corrected chi connectivity index (χ0v) is 12.6. The number of amides is 2. The molecule has 0 aromatic heterocycles. The van der Waals surface area contributed by atoms with E-state index in [-0.39, 0.29) is 6.03 Å². The van der Waals surface area contributed by atoms with E-state index in [4.69, 9.17) is 0 Å². The summed E-state index contributed by atoms with van der Waals surface area (Å²) in [5.41, 5.74) is 2.04. The van der Waals surface area contributed by atoms with Gasteiger partial charge < -0.3 is 16.0 Å². The molecule has 0 bridgehead atoms. The van der Waals surface area contributed by atoms with Crippen molar-refractivity contribution >= 4 is 11.7 Å². The zero-order chi connectivity index (χ0) is 14.5. The predicted molar refractivity (Wildman–Crippen MR) is 82.8 cm³/mol. The second-order valence-electron chi connectivity index (χ2n) is 5.78. The highest BCUT2D eigenvalue weighted by molar-refractivity contribution is 5.89. The lowest BCUT2D eigenvalue weighted by Gasteiger charge is -2.13. The van der Waals surface area contributed by atoms with Gasteiger partial charge in [0.15, 0.2) is 0 Å². The summed E-state index contributed by atoms with van der Waals surface area (Å²) in [5, 5.41) is 9.00. The van der Waals surface area contributed by atoms with Gasteiger partial charge in [0.1, 0.15) is 0 Å². The van der Waals surface area contributed by atoms with Gasteiger partial charge in [-0.2, -0.15) is 0 Å². The molecule has 0 aliphatic heterocycles. The highest BCUT2D eigenvalue weighted by Crippen LogP contribution is 2.36. The molecule has 1 aromatic carbocycles. The van der Waals surface area contributed by atoms with Crippen LogP contribution in [0, 0.1) is 11.8 Å². The minimum absolute atomic E-state index is 0.119. The van der Waals surface area contributed by atoms with Crippen LogP contribution in [0.25, 0.3) is 0 Å². The van der Waals surface area contributed by atoms with E-state index in [0.717, 1.165) is 18.2 Å². The molecule has 1 aromatic rings. The van der Waals surface area contributed by atoms with Crippen LogP contribution in [0.2, 0.25) is 0 Å². The molecule has 1 saturated carbocycles. The molecule has 2 amide bonds. The predicted octanol–water partition coefficient (Wildman–Crippen LogP) is 3.13. The van der Waals surface area contributed by atoms with Gasteiger partial charge in [-0.1, -0.05) is 19.1 Å². The number of rotatable bonds is 6. The van der Waals surface area contributed by atoms with E-state index in [2.05, 4.69) is 29.8 Å². The lowest BCUT2D eigenvalue weighted by Crippen LogP contribution is -2.32. The van der Waals surface area contributed by atoms with Crippen molar-refractivity contribution in [1.29, 1.82) is 0 Å². The first-order valence-electron chi connectivity index (χ1n) is 7.42. The Morgan fingerprint density at radius 1 is 1.25 bits per heavy atom. The maximum atomic E-state index is 11.8. The average Bonchev–Trinajstić information content (AvgIpc) is 3.29. The van der Waals surface area contributed by atoms with Crippen LogP contribution in [0.1, 0.15) is 38.3 Å². The van der Waals surface area contributed by atoms with Crippen molar-refractivity contribution in [1.82, 2.24) is 10.6 Å². The molecule has 110 valence electrons. The van der Waals surface area contributed by atoms with Gasteiger partial charge in [-0.3, -0.25) is 0 Å². The first kappa shape index (κ1) is 14.9.